The Labute approximate surface area is 132 Å². The van der Waals surface area contributed by atoms with Gasteiger partial charge in [0.1, 0.15) is 11.5 Å². The summed E-state index contributed by atoms with van der Waals surface area (Å²) in [6.45, 7) is 11.7. The molecule has 2 N–H and O–H groups in total. The molecule has 0 fully saturated rings. The molecule has 0 unspecified atom stereocenters. The fraction of sp³-hybridized carbons (Fsp3) is 0.300. The molecule has 0 aromatic heterocycles. The molecule has 0 saturated carbocycles. The van der Waals surface area contributed by atoms with Gasteiger partial charge in [0.25, 0.3) is 0 Å². The minimum atomic E-state index is 0.272. The SMILES string of the molecule is C=CCCc1c(-c2cc(C)cc(C)c2O)cc(O)c(C)c1C. The fourth-order valence-electron chi connectivity index (χ4n) is 2.93. The Kier molecular flexibility index (Phi) is 4.60. The predicted octanol–water partition coefficient (Wildman–Crippen LogP) is 5.12. The van der Waals surface area contributed by atoms with Crippen molar-refractivity contribution in [2.24, 2.45) is 0 Å². The van der Waals surface area contributed by atoms with Crippen molar-refractivity contribution >= 4 is 0 Å². The summed E-state index contributed by atoms with van der Waals surface area (Å²) in [5.41, 5.74) is 6.78. The molecule has 0 aliphatic carbocycles. The Morgan fingerprint density at radius 1 is 0.955 bits per heavy atom. The predicted molar refractivity (Wildman–Crippen MR) is 92.7 cm³/mol. The van der Waals surface area contributed by atoms with Gasteiger partial charge in [-0.05, 0) is 86.1 Å². The van der Waals surface area contributed by atoms with Crippen molar-refractivity contribution in [3.8, 4) is 22.6 Å². The van der Waals surface area contributed by atoms with Crippen molar-refractivity contribution in [3.63, 3.8) is 0 Å². The van der Waals surface area contributed by atoms with E-state index in [1.54, 1.807) is 6.07 Å². The number of phenols is 2. The molecule has 2 aromatic carbocycles. The van der Waals surface area contributed by atoms with Crippen LogP contribution in [0.5, 0.6) is 11.5 Å². The average Bonchev–Trinajstić information content (AvgIpc) is 2.47. The number of rotatable bonds is 4. The summed E-state index contributed by atoms with van der Waals surface area (Å²) in [6, 6.07) is 5.71. The van der Waals surface area contributed by atoms with Crippen molar-refractivity contribution in [2.45, 2.75) is 40.5 Å². The molecular weight excluding hydrogens is 272 g/mol. The molecule has 0 bridgehead atoms. The zero-order chi connectivity index (χ0) is 16.4. The average molecular weight is 296 g/mol. The number of allylic oxidation sites excluding steroid dienone is 1. The zero-order valence-electron chi connectivity index (χ0n) is 13.8. The molecule has 2 heteroatoms. The first-order valence-corrected chi connectivity index (χ1v) is 7.60. The van der Waals surface area contributed by atoms with Gasteiger partial charge in [0.05, 0.1) is 0 Å². The lowest BCUT2D eigenvalue weighted by Gasteiger charge is -2.18. The maximum absolute atomic E-state index is 10.5. The van der Waals surface area contributed by atoms with Gasteiger partial charge in [-0.1, -0.05) is 12.1 Å². The van der Waals surface area contributed by atoms with Gasteiger partial charge in [0, 0.05) is 5.56 Å². The molecule has 0 radical (unpaired) electrons. The Hall–Kier alpha value is -2.22. The van der Waals surface area contributed by atoms with Crippen molar-refractivity contribution < 1.29 is 10.2 Å². The van der Waals surface area contributed by atoms with E-state index in [9.17, 15) is 10.2 Å². The summed E-state index contributed by atoms with van der Waals surface area (Å²) in [4.78, 5) is 0. The van der Waals surface area contributed by atoms with Gasteiger partial charge in [0.15, 0.2) is 0 Å². The Morgan fingerprint density at radius 3 is 2.27 bits per heavy atom. The summed E-state index contributed by atoms with van der Waals surface area (Å²) in [6.07, 6.45) is 3.61. The van der Waals surface area contributed by atoms with Crippen LogP contribution >= 0.6 is 0 Å². The second-order valence-corrected chi connectivity index (χ2v) is 5.98. The number of benzene rings is 2. The van der Waals surface area contributed by atoms with E-state index in [2.05, 4.69) is 6.58 Å². The maximum atomic E-state index is 10.5. The number of hydrogen-bond donors (Lipinski definition) is 2. The highest BCUT2D eigenvalue weighted by atomic mass is 16.3. The largest absolute Gasteiger partial charge is 0.508 e. The van der Waals surface area contributed by atoms with Gasteiger partial charge >= 0.3 is 0 Å². The van der Waals surface area contributed by atoms with Gasteiger partial charge in [-0.2, -0.15) is 0 Å². The normalized spacial score (nSPS) is 10.7. The molecule has 22 heavy (non-hydrogen) atoms. The van der Waals surface area contributed by atoms with Crippen LogP contribution in [0.2, 0.25) is 0 Å². The standard InChI is InChI=1S/C20H24O2/c1-6-7-8-16-14(4)15(5)19(21)11-17(16)18-10-12(2)9-13(3)20(18)22/h6,9-11,21-22H,1,7-8H2,2-5H3. The molecule has 2 nitrogen and oxygen atoms in total. The van der Waals surface area contributed by atoms with E-state index in [-0.39, 0.29) is 11.5 Å². The summed E-state index contributed by atoms with van der Waals surface area (Å²) < 4.78 is 0. The molecule has 2 rings (SSSR count). The van der Waals surface area contributed by atoms with Crippen molar-refractivity contribution in [1.82, 2.24) is 0 Å². The molecule has 0 heterocycles. The monoisotopic (exact) mass is 296 g/mol. The summed E-state index contributed by atoms with van der Waals surface area (Å²) in [5, 5.41) is 20.7. The maximum Gasteiger partial charge on any atom is 0.126 e. The topological polar surface area (TPSA) is 40.5 Å². The Balaban J connectivity index is 2.76. The molecule has 116 valence electrons. The fourth-order valence-corrected chi connectivity index (χ4v) is 2.93. The Morgan fingerprint density at radius 2 is 1.64 bits per heavy atom. The summed E-state index contributed by atoms with van der Waals surface area (Å²) in [5.74, 6) is 0.557. The second-order valence-electron chi connectivity index (χ2n) is 5.98. The second kappa shape index (κ2) is 6.27. The van der Waals surface area contributed by atoms with Crippen LogP contribution in [0.3, 0.4) is 0 Å². The minimum absolute atomic E-state index is 0.272. The third kappa shape index (κ3) is 2.87. The quantitative estimate of drug-likeness (QED) is 0.769. The molecular formula is C20H24O2. The number of phenolic OH excluding ortho intramolecular Hbond substituents is 2. The van der Waals surface area contributed by atoms with Crippen molar-refractivity contribution in [1.29, 1.82) is 0 Å². The van der Waals surface area contributed by atoms with Crippen LogP contribution < -0.4 is 0 Å². The summed E-state index contributed by atoms with van der Waals surface area (Å²) >= 11 is 0. The first-order valence-electron chi connectivity index (χ1n) is 7.60. The van der Waals surface area contributed by atoms with E-state index in [0.29, 0.717) is 0 Å². The van der Waals surface area contributed by atoms with Crippen molar-refractivity contribution in [3.05, 3.63) is 58.7 Å². The van der Waals surface area contributed by atoms with E-state index < -0.39 is 0 Å². The minimum Gasteiger partial charge on any atom is -0.508 e. The van der Waals surface area contributed by atoms with Crippen LogP contribution in [0.4, 0.5) is 0 Å². The highest BCUT2D eigenvalue weighted by molar-refractivity contribution is 5.78. The molecule has 0 aliphatic rings. The number of aryl methyl sites for hydroxylation is 2. The molecule has 0 atom stereocenters. The lowest BCUT2D eigenvalue weighted by molar-refractivity contribution is 0.469. The summed E-state index contributed by atoms with van der Waals surface area (Å²) in [7, 11) is 0. The van der Waals surface area contributed by atoms with E-state index in [0.717, 1.165) is 51.8 Å². The molecule has 0 spiro atoms. The number of hydrogen-bond acceptors (Lipinski definition) is 2. The first-order chi connectivity index (χ1) is 10.4. The van der Waals surface area contributed by atoms with Crippen molar-refractivity contribution in [2.75, 3.05) is 0 Å². The van der Waals surface area contributed by atoms with Crippen LogP contribution in [-0.2, 0) is 6.42 Å². The molecule has 0 aliphatic heterocycles. The highest BCUT2D eigenvalue weighted by Gasteiger charge is 2.17. The third-order valence-corrected chi connectivity index (χ3v) is 4.34. The molecule has 2 aromatic rings. The number of aromatic hydroxyl groups is 2. The van der Waals surface area contributed by atoms with Gasteiger partial charge in [0.2, 0.25) is 0 Å². The van der Waals surface area contributed by atoms with E-state index in [1.165, 1.54) is 0 Å². The van der Waals surface area contributed by atoms with Crippen LogP contribution in [0.1, 0.15) is 34.2 Å². The van der Waals surface area contributed by atoms with Gasteiger partial charge < -0.3 is 10.2 Å². The van der Waals surface area contributed by atoms with Crippen LogP contribution in [0.15, 0.2) is 30.9 Å². The van der Waals surface area contributed by atoms with Gasteiger partial charge in [-0.15, -0.1) is 6.58 Å². The van der Waals surface area contributed by atoms with E-state index in [1.807, 2.05) is 45.9 Å². The van der Waals surface area contributed by atoms with Crippen LogP contribution in [0, 0.1) is 27.7 Å². The van der Waals surface area contributed by atoms with Crippen LogP contribution in [0.25, 0.3) is 11.1 Å². The van der Waals surface area contributed by atoms with E-state index >= 15 is 0 Å². The highest BCUT2D eigenvalue weighted by Crippen LogP contribution is 2.40. The molecule has 0 saturated heterocycles. The lowest BCUT2D eigenvalue weighted by Crippen LogP contribution is -1.98. The smallest absolute Gasteiger partial charge is 0.126 e. The van der Waals surface area contributed by atoms with Gasteiger partial charge in [-0.3, -0.25) is 0 Å². The third-order valence-electron chi connectivity index (χ3n) is 4.34. The van der Waals surface area contributed by atoms with E-state index in [4.69, 9.17) is 0 Å². The zero-order valence-corrected chi connectivity index (χ0v) is 13.8. The molecule has 0 amide bonds. The van der Waals surface area contributed by atoms with Gasteiger partial charge in [-0.25, -0.2) is 0 Å². The van der Waals surface area contributed by atoms with Crippen LogP contribution in [-0.4, -0.2) is 10.2 Å². The lowest BCUT2D eigenvalue weighted by atomic mass is 9.88. The Bertz CT molecular complexity index is 727. The first kappa shape index (κ1) is 16.2.